The molecule has 0 aliphatic heterocycles. The molecular formula is C3H10NNaO3P+. The zero-order valence-electron chi connectivity index (χ0n) is 6.66. The van der Waals surface area contributed by atoms with Gasteiger partial charge in [0.2, 0.25) is 0 Å². The summed E-state index contributed by atoms with van der Waals surface area (Å²) in [5.74, 6) is 4.50. The summed E-state index contributed by atoms with van der Waals surface area (Å²) in [5.41, 5.74) is 0. The van der Waals surface area contributed by atoms with Gasteiger partial charge in [-0.25, -0.2) is 0 Å². The van der Waals surface area contributed by atoms with Crippen molar-refractivity contribution in [1.82, 2.24) is 0 Å². The molecule has 0 aliphatic carbocycles. The van der Waals surface area contributed by atoms with E-state index in [2.05, 4.69) is 15.0 Å². The maximum atomic E-state index is 10.1. The Morgan fingerprint density at radius 3 is 2.67 bits per heavy atom. The van der Waals surface area contributed by atoms with Crippen LogP contribution >= 0.6 is 8.25 Å². The van der Waals surface area contributed by atoms with Gasteiger partial charge in [-0.1, -0.05) is 6.92 Å². The molecule has 0 bridgehead atoms. The Kier molecular flexibility index (Phi) is 12.6. The fourth-order valence-electron chi connectivity index (χ4n) is 0.196. The third-order valence-electron chi connectivity index (χ3n) is 0.487. The van der Waals surface area contributed by atoms with Gasteiger partial charge in [-0.3, -0.25) is 0 Å². The Morgan fingerprint density at radius 2 is 2.33 bits per heavy atom. The van der Waals surface area contributed by atoms with Crippen molar-refractivity contribution in [3.8, 4) is 0 Å². The van der Waals surface area contributed by atoms with Crippen LogP contribution in [0.4, 0.5) is 0 Å². The van der Waals surface area contributed by atoms with Gasteiger partial charge in [0.25, 0.3) is 0 Å². The first-order chi connectivity index (χ1) is 3.81. The van der Waals surface area contributed by atoms with Crippen LogP contribution in [0.5, 0.6) is 0 Å². The molecule has 2 N–H and O–H groups in total. The van der Waals surface area contributed by atoms with Gasteiger partial charge in [0, 0.05) is 4.57 Å². The van der Waals surface area contributed by atoms with E-state index in [0.29, 0.717) is 6.61 Å². The molecule has 0 rings (SSSR count). The van der Waals surface area contributed by atoms with Crippen LogP contribution in [0.15, 0.2) is 0 Å². The molecule has 1 atom stereocenters. The van der Waals surface area contributed by atoms with Crippen molar-refractivity contribution in [2.75, 3.05) is 6.61 Å². The average molecular weight is 162 g/mol. The first-order valence-electron chi connectivity index (χ1n) is 2.28. The minimum atomic E-state index is -2.06. The van der Waals surface area contributed by atoms with Gasteiger partial charge in [0.15, 0.2) is 0 Å². The Bertz CT molecular complexity index is 86.1. The molecular weight excluding hydrogens is 152 g/mol. The number of hydrogen-bond donors (Lipinski definition) is 1. The first kappa shape index (κ1) is 12.6. The van der Waals surface area contributed by atoms with Crippen molar-refractivity contribution in [1.29, 1.82) is 0 Å². The van der Waals surface area contributed by atoms with Gasteiger partial charge in [-0.2, -0.15) is 5.90 Å². The summed E-state index contributed by atoms with van der Waals surface area (Å²) in [6, 6.07) is 0. The molecule has 9 heavy (non-hydrogen) atoms. The third-order valence-corrected chi connectivity index (χ3v) is 1.05. The van der Waals surface area contributed by atoms with Crippen LogP contribution in [0.2, 0.25) is 0 Å². The molecule has 0 spiro atoms. The number of hydrogen-bond acceptors (Lipinski definition) is 4. The fraction of sp³-hybridized carbons (Fsp3) is 1.00. The standard InChI is InChI=1S/C3H9NO3P.Na.H/c1-2-3-6-8(5)7-4;;/h2-4H2,1H3;;/q2*+1;-1. The van der Waals surface area contributed by atoms with Crippen molar-refractivity contribution in [2.24, 2.45) is 5.90 Å². The Morgan fingerprint density at radius 1 is 1.78 bits per heavy atom. The van der Waals surface area contributed by atoms with Crippen molar-refractivity contribution in [2.45, 2.75) is 13.3 Å². The number of rotatable bonds is 4. The molecule has 0 aromatic heterocycles. The second-order valence-corrected chi connectivity index (χ2v) is 2.08. The topological polar surface area (TPSA) is 61.5 Å². The zero-order valence-corrected chi connectivity index (χ0v) is 8.56. The summed E-state index contributed by atoms with van der Waals surface area (Å²) in [4.78, 5) is 0. The summed E-state index contributed by atoms with van der Waals surface area (Å²) < 4.78 is 18.5. The molecule has 1 unspecified atom stereocenters. The molecule has 0 radical (unpaired) electrons. The van der Waals surface area contributed by atoms with Gasteiger partial charge in [0.1, 0.15) is 6.61 Å². The van der Waals surface area contributed by atoms with Gasteiger partial charge >= 0.3 is 37.8 Å². The van der Waals surface area contributed by atoms with Crippen molar-refractivity contribution in [3.63, 3.8) is 0 Å². The van der Waals surface area contributed by atoms with E-state index in [1.54, 1.807) is 0 Å². The van der Waals surface area contributed by atoms with Gasteiger partial charge in [-0.15, -0.1) is 4.52 Å². The molecule has 0 aromatic rings. The third kappa shape index (κ3) is 8.98. The van der Waals surface area contributed by atoms with Crippen LogP contribution in [0.25, 0.3) is 0 Å². The normalized spacial score (nSPS) is 10.2. The van der Waals surface area contributed by atoms with E-state index in [1.807, 2.05) is 6.92 Å². The van der Waals surface area contributed by atoms with Crippen LogP contribution in [0, 0.1) is 0 Å². The molecule has 6 heteroatoms. The Hall–Kier alpha value is 0.980. The van der Waals surface area contributed by atoms with Crippen LogP contribution < -0.4 is 35.5 Å². The zero-order chi connectivity index (χ0) is 6.41. The largest absolute Gasteiger partial charge is 1.00 e. The smallest absolute Gasteiger partial charge is 1.00 e. The monoisotopic (exact) mass is 162 g/mol. The molecule has 4 nitrogen and oxygen atoms in total. The maximum absolute atomic E-state index is 10.1. The maximum Gasteiger partial charge on any atom is 1.00 e. The van der Waals surface area contributed by atoms with Crippen LogP contribution in [0.1, 0.15) is 14.8 Å². The summed E-state index contributed by atoms with van der Waals surface area (Å²) in [6.07, 6.45) is 0.810. The quantitative estimate of drug-likeness (QED) is 0.297. The van der Waals surface area contributed by atoms with Crippen molar-refractivity contribution < 1.29 is 44.7 Å². The van der Waals surface area contributed by atoms with E-state index >= 15 is 0 Å². The molecule has 0 fully saturated rings. The van der Waals surface area contributed by atoms with E-state index in [0.717, 1.165) is 6.42 Å². The average Bonchev–Trinajstić information content (AvgIpc) is 1.83. The fourth-order valence-corrected chi connectivity index (χ4v) is 0.589. The summed E-state index contributed by atoms with van der Waals surface area (Å²) in [5, 5.41) is 0. The van der Waals surface area contributed by atoms with Crippen LogP contribution in [-0.2, 0) is 13.7 Å². The Balaban J connectivity index is -0.000000245. The second-order valence-electron chi connectivity index (χ2n) is 1.16. The number of nitrogens with two attached hydrogens (primary N) is 1. The van der Waals surface area contributed by atoms with E-state index < -0.39 is 8.25 Å². The minimum Gasteiger partial charge on any atom is -1.00 e. The Labute approximate surface area is 78.8 Å². The second kappa shape index (κ2) is 8.98. The van der Waals surface area contributed by atoms with Gasteiger partial charge in [-0.05, 0) is 11.0 Å². The van der Waals surface area contributed by atoms with Crippen LogP contribution in [-0.4, -0.2) is 6.61 Å². The molecule has 0 amide bonds. The van der Waals surface area contributed by atoms with E-state index in [9.17, 15) is 4.57 Å². The van der Waals surface area contributed by atoms with E-state index in [-0.39, 0.29) is 31.0 Å². The SMILES string of the molecule is CCCO[P+](=O)ON.[H-].[Na+]. The van der Waals surface area contributed by atoms with Crippen LogP contribution in [0.3, 0.4) is 0 Å². The summed E-state index contributed by atoms with van der Waals surface area (Å²) >= 11 is 0. The summed E-state index contributed by atoms with van der Waals surface area (Å²) in [6.45, 7) is 2.33. The molecule has 0 saturated carbocycles. The summed E-state index contributed by atoms with van der Waals surface area (Å²) in [7, 11) is -2.06. The molecule has 0 aromatic carbocycles. The predicted molar refractivity (Wildman–Crippen MR) is 30.2 cm³/mol. The minimum absolute atomic E-state index is 0. The van der Waals surface area contributed by atoms with Crippen molar-refractivity contribution in [3.05, 3.63) is 0 Å². The van der Waals surface area contributed by atoms with E-state index in [4.69, 9.17) is 0 Å². The van der Waals surface area contributed by atoms with Gasteiger partial charge < -0.3 is 1.43 Å². The molecule has 0 saturated heterocycles. The predicted octanol–water partition coefficient (Wildman–Crippen LogP) is -1.92. The molecule has 0 heterocycles. The molecule has 0 aliphatic rings. The first-order valence-corrected chi connectivity index (χ1v) is 3.37. The molecule has 50 valence electrons. The van der Waals surface area contributed by atoms with Crippen molar-refractivity contribution >= 4 is 8.25 Å². The van der Waals surface area contributed by atoms with E-state index in [1.165, 1.54) is 0 Å². The van der Waals surface area contributed by atoms with Gasteiger partial charge in [0.05, 0.1) is 0 Å².